The van der Waals surface area contributed by atoms with Crippen LogP contribution in [0.15, 0.2) is 29.8 Å². The average Bonchev–Trinajstić information content (AvgIpc) is 3.15. The normalized spacial score (nSPS) is 22.1. The van der Waals surface area contributed by atoms with Crippen LogP contribution in [0.1, 0.15) is 48.3 Å². The first-order valence-corrected chi connectivity index (χ1v) is 10.2. The van der Waals surface area contributed by atoms with E-state index < -0.39 is 0 Å². The van der Waals surface area contributed by atoms with Crippen LogP contribution in [-0.2, 0) is 13.0 Å². The maximum absolute atomic E-state index is 4.67. The SMILES string of the molecule is CCSc1ncc(CN2[C@@H]3CC[C@@H]2c2cnc4cc(C)nn4c2C3)cn1. The minimum atomic E-state index is 0.426. The van der Waals surface area contributed by atoms with Gasteiger partial charge in [-0.05, 0) is 25.5 Å². The third-order valence-corrected chi connectivity index (χ3v) is 6.25. The molecule has 0 aromatic carbocycles. The van der Waals surface area contributed by atoms with Gasteiger partial charge in [0.05, 0.1) is 11.4 Å². The molecular weight excluding hydrogens is 344 g/mol. The second-order valence-electron chi connectivity index (χ2n) is 7.15. The molecule has 1 fully saturated rings. The molecular formula is C19H22N6S. The summed E-state index contributed by atoms with van der Waals surface area (Å²) in [6.07, 6.45) is 9.50. The van der Waals surface area contributed by atoms with E-state index in [2.05, 4.69) is 48.7 Å². The number of aryl methyl sites for hydroxylation is 1. The Balaban J connectivity index is 1.45. The van der Waals surface area contributed by atoms with Crippen LogP contribution in [0.4, 0.5) is 0 Å². The molecule has 2 bridgehead atoms. The van der Waals surface area contributed by atoms with Crippen molar-refractivity contribution in [3.8, 4) is 0 Å². The van der Waals surface area contributed by atoms with E-state index in [9.17, 15) is 0 Å². The van der Waals surface area contributed by atoms with E-state index in [4.69, 9.17) is 0 Å². The highest BCUT2D eigenvalue weighted by atomic mass is 32.2. The predicted octanol–water partition coefficient (Wildman–Crippen LogP) is 3.20. The van der Waals surface area contributed by atoms with E-state index >= 15 is 0 Å². The first kappa shape index (κ1) is 16.2. The highest BCUT2D eigenvalue weighted by Gasteiger charge is 2.41. The maximum atomic E-state index is 4.67. The summed E-state index contributed by atoms with van der Waals surface area (Å²) in [6.45, 7) is 5.06. The molecule has 2 atom stereocenters. The van der Waals surface area contributed by atoms with Crippen molar-refractivity contribution < 1.29 is 0 Å². The van der Waals surface area contributed by atoms with E-state index in [-0.39, 0.29) is 0 Å². The Kier molecular flexibility index (Phi) is 3.94. The first-order chi connectivity index (χ1) is 12.7. The number of rotatable bonds is 4. The van der Waals surface area contributed by atoms with Gasteiger partial charge in [-0.2, -0.15) is 5.10 Å². The number of fused-ring (bicyclic) bond motifs is 6. The molecule has 0 spiro atoms. The van der Waals surface area contributed by atoms with Crippen molar-refractivity contribution >= 4 is 17.4 Å². The summed E-state index contributed by atoms with van der Waals surface area (Å²) in [5.41, 5.74) is 5.87. The standard InChI is InChI=1S/C19H22N6S/c1-3-26-19-21-8-13(9-22-19)11-24-14-4-5-16(24)15-10-20-18-6-12(2)23-25(18)17(15)7-14/h6,8-10,14,16H,3-5,7,11H2,1-2H3/t14-,16-/m1/s1. The highest BCUT2D eigenvalue weighted by Crippen LogP contribution is 2.44. The summed E-state index contributed by atoms with van der Waals surface area (Å²) >= 11 is 1.68. The van der Waals surface area contributed by atoms with Crippen LogP contribution in [0.25, 0.3) is 5.65 Å². The topological polar surface area (TPSA) is 59.2 Å². The lowest BCUT2D eigenvalue weighted by molar-refractivity contribution is 0.164. The molecule has 0 unspecified atom stereocenters. The van der Waals surface area contributed by atoms with Gasteiger partial charge in [-0.3, -0.25) is 4.90 Å². The molecule has 2 aliphatic heterocycles. The molecule has 5 heterocycles. The molecule has 3 aromatic rings. The van der Waals surface area contributed by atoms with Gasteiger partial charge in [0, 0.05) is 60.8 Å². The number of thioether (sulfide) groups is 1. The van der Waals surface area contributed by atoms with Crippen LogP contribution in [0, 0.1) is 6.92 Å². The van der Waals surface area contributed by atoms with Crippen LogP contribution >= 0.6 is 11.8 Å². The van der Waals surface area contributed by atoms with Gasteiger partial charge in [-0.15, -0.1) is 0 Å². The van der Waals surface area contributed by atoms with Crippen molar-refractivity contribution in [2.24, 2.45) is 0 Å². The van der Waals surface area contributed by atoms with E-state index in [1.54, 1.807) is 11.8 Å². The summed E-state index contributed by atoms with van der Waals surface area (Å²) in [5.74, 6) is 1.00. The van der Waals surface area contributed by atoms with Crippen molar-refractivity contribution in [3.05, 3.63) is 47.2 Å². The van der Waals surface area contributed by atoms with E-state index in [1.807, 2.05) is 19.3 Å². The Morgan fingerprint density at radius 1 is 1.15 bits per heavy atom. The van der Waals surface area contributed by atoms with Crippen LogP contribution in [-0.4, -0.2) is 41.3 Å². The number of hydrogen-bond donors (Lipinski definition) is 0. The second-order valence-corrected chi connectivity index (χ2v) is 8.38. The zero-order chi connectivity index (χ0) is 17.7. The van der Waals surface area contributed by atoms with E-state index in [1.165, 1.54) is 29.7 Å². The van der Waals surface area contributed by atoms with Gasteiger partial charge in [0.2, 0.25) is 0 Å². The largest absolute Gasteiger partial charge is 0.289 e. The van der Waals surface area contributed by atoms with Crippen LogP contribution in [0.3, 0.4) is 0 Å². The first-order valence-electron chi connectivity index (χ1n) is 9.26. The summed E-state index contributed by atoms with van der Waals surface area (Å²) in [7, 11) is 0. The Morgan fingerprint density at radius 3 is 2.81 bits per heavy atom. The van der Waals surface area contributed by atoms with Crippen LogP contribution in [0.5, 0.6) is 0 Å². The van der Waals surface area contributed by atoms with E-state index in [0.717, 1.165) is 35.2 Å². The van der Waals surface area contributed by atoms with Gasteiger partial charge < -0.3 is 0 Å². The van der Waals surface area contributed by atoms with Gasteiger partial charge >= 0.3 is 0 Å². The fourth-order valence-electron chi connectivity index (χ4n) is 4.38. The Labute approximate surface area is 157 Å². The highest BCUT2D eigenvalue weighted by molar-refractivity contribution is 7.99. The average molecular weight is 366 g/mol. The molecule has 0 saturated carbocycles. The lowest BCUT2D eigenvalue weighted by Gasteiger charge is -2.36. The molecule has 5 rings (SSSR count). The minimum Gasteiger partial charge on any atom is -0.289 e. The van der Waals surface area contributed by atoms with Crippen LogP contribution in [0.2, 0.25) is 0 Å². The smallest absolute Gasteiger partial charge is 0.187 e. The lowest BCUT2D eigenvalue weighted by Crippen LogP contribution is -2.38. The van der Waals surface area contributed by atoms with E-state index in [0.29, 0.717) is 12.1 Å². The number of aromatic nitrogens is 5. The molecule has 0 amide bonds. The van der Waals surface area contributed by atoms with Crippen molar-refractivity contribution in [2.75, 3.05) is 5.75 Å². The fourth-order valence-corrected chi connectivity index (χ4v) is 4.90. The van der Waals surface area contributed by atoms with Crippen molar-refractivity contribution in [3.63, 3.8) is 0 Å². The van der Waals surface area contributed by atoms with Crippen LogP contribution < -0.4 is 0 Å². The van der Waals surface area contributed by atoms with Gasteiger partial charge in [0.25, 0.3) is 0 Å². The van der Waals surface area contributed by atoms with Gasteiger partial charge in [-0.25, -0.2) is 19.5 Å². The minimum absolute atomic E-state index is 0.426. The molecule has 3 aromatic heterocycles. The van der Waals surface area contributed by atoms with Crippen molar-refractivity contribution in [2.45, 2.75) is 56.9 Å². The zero-order valence-corrected chi connectivity index (χ0v) is 15.9. The fraction of sp³-hybridized carbons (Fsp3) is 0.474. The van der Waals surface area contributed by atoms with Gasteiger partial charge in [0.1, 0.15) is 0 Å². The maximum Gasteiger partial charge on any atom is 0.187 e. The van der Waals surface area contributed by atoms with Gasteiger partial charge in [0.15, 0.2) is 10.8 Å². The quantitative estimate of drug-likeness (QED) is 0.522. The summed E-state index contributed by atoms with van der Waals surface area (Å²) < 4.78 is 2.06. The molecule has 0 aliphatic carbocycles. The summed E-state index contributed by atoms with van der Waals surface area (Å²) in [4.78, 5) is 16.2. The monoisotopic (exact) mass is 366 g/mol. The molecule has 7 heteroatoms. The number of nitrogens with zero attached hydrogens (tertiary/aromatic N) is 6. The number of hydrogen-bond acceptors (Lipinski definition) is 6. The second kappa shape index (κ2) is 6.32. The Morgan fingerprint density at radius 2 is 2.00 bits per heavy atom. The lowest BCUT2D eigenvalue weighted by atomic mass is 9.98. The van der Waals surface area contributed by atoms with Crippen molar-refractivity contribution in [1.82, 2.24) is 29.5 Å². The zero-order valence-electron chi connectivity index (χ0n) is 15.1. The molecule has 6 nitrogen and oxygen atoms in total. The summed E-state index contributed by atoms with van der Waals surface area (Å²) in [5, 5.41) is 5.54. The molecule has 2 aliphatic rings. The Bertz CT molecular complexity index is 951. The molecule has 26 heavy (non-hydrogen) atoms. The molecule has 0 N–H and O–H groups in total. The molecule has 0 radical (unpaired) electrons. The summed E-state index contributed by atoms with van der Waals surface area (Å²) in [6, 6.07) is 3.05. The van der Waals surface area contributed by atoms with Crippen molar-refractivity contribution in [1.29, 1.82) is 0 Å². The third kappa shape index (κ3) is 2.61. The molecule has 1 saturated heterocycles. The van der Waals surface area contributed by atoms with Gasteiger partial charge in [-0.1, -0.05) is 18.7 Å². The molecule has 134 valence electrons. The predicted molar refractivity (Wildman–Crippen MR) is 101 cm³/mol. The Hall–Kier alpha value is -1.99. The third-order valence-electron chi connectivity index (χ3n) is 5.49.